The zero-order valence-corrected chi connectivity index (χ0v) is 37.1. The van der Waals surface area contributed by atoms with Crippen LogP contribution in [0.25, 0.3) is 33.7 Å². The Balaban J connectivity index is 1.14. The summed E-state index contributed by atoms with van der Waals surface area (Å²) in [7, 11) is 0. The average Bonchev–Trinajstić information content (AvgIpc) is 3.25. The number of hydrogen-bond acceptors (Lipinski definition) is 10. The molecule has 0 fully saturated rings. The van der Waals surface area contributed by atoms with Crippen LogP contribution in [-0.4, -0.2) is 63.6 Å². The van der Waals surface area contributed by atoms with Gasteiger partial charge in [-0.3, -0.25) is 0 Å². The molecule has 4 aromatic carbocycles. The summed E-state index contributed by atoms with van der Waals surface area (Å²) in [6, 6.07) is 23.7. The monoisotopic (exact) mass is 924 g/mol. The molecule has 1 aliphatic heterocycles. The number of rotatable bonds is 22. The Morgan fingerprint density at radius 1 is 0.742 bits per heavy atom. The van der Waals surface area contributed by atoms with Gasteiger partial charge in [0.2, 0.25) is 0 Å². The van der Waals surface area contributed by atoms with E-state index in [1.807, 2.05) is 51.1 Å². The van der Waals surface area contributed by atoms with Gasteiger partial charge in [-0.2, -0.15) is 17.6 Å². The highest BCUT2D eigenvalue weighted by atomic mass is 19.3. The van der Waals surface area contributed by atoms with E-state index >= 15 is 0 Å². The molecule has 6 rings (SSSR count). The molecule has 0 aliphatic carbocycles. The SMILES string of the molecule is C=C(C)C(=O)OCCC(F)(F)OC(F)(F)OC(F)(F)CCOC(COc1ccc2c(c1)OCC(c1ccc(C)cc1CC)=C2)COc1ccc2cc(-c3ccc(C)cc3CC)c(=O)oc2c1. The summed E-state index contributed by atoms with van der Waals surface area (Å²) in [6.45, 7) is 10.2. The van der Waals surface area contributed by atoms with Gasteiger partial charge in [0.1, 0.15) is 48.8 Å². The molecule has 0 saturated carbocycles. The third-order valence-electron chi connectivity index (χ3n) is 10.5. The Morgan fingerprint density at radius 3 is 1.97 bits per heavy atom. The number of benzene rings is 4. The normalized spacial score (nSPS) is 13.4. The lowest BCUT2D eigenvalue weighted by atomic mass is 9.94. The van der Waals surface area contributed by atoms with Gasteiger partial charge in [-0.15, -0.1) is 8.78 Å². The van der Waals surface area contributed by atoms with Gasteiger partial charge in [0.15, 0.2) is 0 Å². The van der Waals surface area contributed by atoms with Crippen LogP contribution < -0.4 is 19.8 Å². The first-order valence-corrected chi connectivity index (χ1v) is 21.2. The molecule has 1 aliphatic rings. The van der Waals surface area contributed by atoms with Crippen LogP contribution in [0.4, 0.5) is 26.3 Å². The van der Waals surface area contributed by atoms with Crippen molar-refractivity contribution >= 4 is 28.6 Å². The van der Waals surface area contributed by atoms with E-state index in [4.69, 9.17) is 23.4 Å². The number of fused-ring (bicyclic) bond motifs is 2. The summed E-state index contributed by atoms with van der Waals surface area (Å²) < 4.78 is 127. The highest BCUT2D eigenvalue weighted by molar-refractivity contribution is 5.88. The predicted octanol–water partition coefficient (Wildman–Crippen LogP) is 11.6. The highest BCUT2D eigenvalue weighted by Gasteiger charge is 2.52. The van der Waals surface area contributed by atoms with Gasteiger partial charge in [-0.25, -0.2) is 19.1 Å². The van der Waals surface area contributed by atoms with Crippen LogP contribution >= 0.6 is 0 Å². The minimum atomic E-state index is -5.47. The van der Waals surface area contributed by atoms with E-state index in [1.54, 1.807) is 36.4 Å². The lowest BCUT2D eigenvalue weighted by molar-refractivity contribution is -0.515. The second-order valence-electron chi connectivity index (χ2n) is 15.8. The number of carbonyl (C=O) groups is 1. The highest BCUT2D eigenvalue weighted by Crippen LogP contribution is 2.37. The van der Waals surface area contributed by atoms with Crippen LogP contribution in [0.3, 0.4) is 0 Å². The van der Waals surface area contributed by atoms with E-state index in [-0.39, 0.29) is 30.1 Å². The number of hydrogen-bond donors (Lipinski definition) is 0. The molecule has 2 heterocycles. The predicted molar refractivity (Wildman–Crippen MR) is 235 cm³/mol. The van der Waals surface area contributed by atoms with Crippen LogP contribution in [0, 0.1) is 13.8 Å². The van der Waals surface area contributed by atoms with Gasteiger partial charge in [0.25, 0.3) is 0 Å². The van der Waals surface area contributed by atoms with Crippen LogP contribution in [0.5, 0.6) is 17.2 Å². The molecule has 352 valence electrons. The van der Waals surface area contributed by atoms with Gasteiger partial charge >= 0.3 is 30.1 Å². The molecule has 0 N–H and O–H groups in total. The molecule has 5 aromatic rings. The average molecular weight is 925 g/mol. The fourth-order valence-electron chi connectivity index (χ4n) is 7.09. The molecule has 1 atom stereocenters. The summed E-state index contributed by atoms with van der Waals surface area (Å²) in [6.07, 6.45) is -15.6. The van der Waals surface area contributed by atoms with E-state index in [0.29, 0.717) is 35.5 Å². The third-order valence-corrected chi connectivity index (χ3v) is 10.5. The molecule has 0 radical (unpaired) electrons. The second-order valence-corrected chi connectivity index (χ2v) is 15.8. The largest absolute Gasteiger partial charge is 0.494 e. The first kappa shape index (κ1) is 49.3. The summed E-state index contributed by atoms with van der Waals surface area (Å²) in [5, 5.41) is 0.601. The smallest absolute Gasteiger partial charge is 0.491 e. The Morgan fingerprint density at radius 2 is 1.33 bits per heavy atom. The molecule has 0 saturated heterocycles. The van der Waals surface area contributed by atoms with Gasteiger partial charge < -0.3 is 28.1 Å². The van der Waals surface area contributed by atoms with E-state index < -0.39 is 62.3 Å². The van der Waals surface area contributed by atoms with Gasteiger partial charge in [-0.05, 0) is 97.8 Å². The number of aryl methyl sites for hydroxylation is 4. The van der Waals surface area contributed by atoms with E-state index in [1.165, 1.54) is 18.6 Å². The lowest BCUT2D eigenvalue weighted by Gasteiger charge is -2.27. The van der Waals surface area contributed by atoms with Crippen LogP contribution in [0.15, 0.2) is 100 Å². The molecule has 0 bridgehead atoms. The maximum absolute atomic E-state index is 14.7. The van der Waals surface area contributed by atoms with Crippen molar-refractivity contribution in [2.45, 2.75) is 84.9 Å². The van der Waals surface area contributed by atoms with E-state index in [2.05, 4.69) is 39.8 Å². The number of alkyl halides is 6. The quantitative estimate of drug-likeness (QED) is 0.0219. The first-order valence-electron chi connectivity index (χ1n) is 21.2. The van der Waals surface area contributed by atoms with Crippen LogP contribution in [0.2, 0.25) is 0 Å². The molecular weight excluding hydrogens is 875 g/mol. The minimum absolute atomic E-state index is 0.138. The van der Waals surface area contributed by atoms with Crippen molar-refractivity contribution in [3.05, 3.63) is 135 Å². The topological polar surface area (TPSA) is 112 Å². The zero-order chi connectivity index (χ0) is 47.8. The first-order chi connectivity index (χ1) is 31.2. The van der Waals surface area contributed by atoms with Gasteiger partial charge in [0, 0.05) is 28.7 Å². The molecule has 0 amide bonds. The summed E-state index contributed by atoms with van der Waals surface area (Å²) in [4.78, 5) is 24.6. The fraction of sp³-hybridized carbons (Fsp3) is 0.360. The molecule has 66 heavy (non-hydrogen) atoms. The Kier molecular flexibility index (Phi) is 15.7. The summed E-state index contributed by atoms with van der Waals surface area (Å²) >= 11 is 0. The Bertz CT molecular complexity index is 2640. The molecule has 1 unspecified atom stereocenters. The second kappa shape index (κ2) is 21.0. The number of ether oxygens (including phenoxy) is 7. The van der Waals surface area contributed by atoms with Crippen molar-refractivity contribution < 1.29 is 68.7 Å². The van der Waals surface area contributed by atoms with Crippen molar-refractivity contribution in [2.75, 3.05) is 33.0 Å². The van der Waals surface area contributed by atoms with E-state index in [9.17, 15) is 35.9 Å². The summed E-state index contributed by atoms with van der Waals surface area (Å²) in [5.41, 5.74) is 7.91. The van der Waals surface area contributed by atoms with Crippen LogP contribution in [0.1, 0.15) is 67.0 Å². The maximum Gasteiger partial charge on any atom is 0.494 e. The summed E-state index contributed by atoms with van der Waals surface area (Å²) in [5.74, 6) is 0.00239. The molecule has 10 nitrogen and oxygen atoms in total. The Hall–Kier alpha value is -6.10. The third kappa shape index (κ3) is 13.3. The zero-order valence-electron chi connectivity index (χ0n) is 37.1. The van der Waals surface area contributed by atoms with Crippen molar-refractivity contribution in [3.8, 4) is 28.4 Å². The lowest BCUT2D eigenvalue weighted by Crippen LogP contribution is -2.41. The van der Waals surface area contributed by atoms with Crippen molar-refractivity contribution in [3.63, 3.8) is 0 Å². The maximum atomic E-state index is 14.7. The Labute approximate surface area is 377 Å². The van der Waals surface area contributed by atoms with Gasteiger partial charge in [0.05, 0.1) is 31.6 Å². The fourth-order valence-corrected chi connectivity index (χ4v) is 7.09. The molecule has 1 aromatic heterocycles. The number of carbonyl (C=O) groups excluding carboxylic acids is 1. The van der Waals surface area contributed by atoms with Gasteiger partial charge in [-0.1, -0.05) is 68.0 Å². The minimum Gasteiger partial charge on any atom is -0.491 e. The standard InChI is InChI=1S/C50H50F6O10/c1-7-33-21-31(5)9-15-41(33)37-23-35-11-13-38(25-44(35)63-27-37)61-28-40(59-19-17-48(51,52)65-50(55,56)66-49(53,54)18-20-60-46(57)30(3)4)29-62-39-14-12-36-24-43(47(58)64-45(36)26-39)42-16-10-32(6)22-34(42)8-2/h9-16,21-26,40H,3,7-8,17-20,27-29H2,1-2,4-6H3. The number of esters is 1. The number of halogens is 6. The van der Waals surface area contributed by atoms with E-state index in [0.717, 1.165) is 45.4 Å². The van der Waals surface area contributed by atoms with Crippen LogP contribution in [-0.2, 0) is 36.6 Å². The van der Waals surface area contributed by atoms with Crippen molar-refractivity contribution in [1.82, 2.24) is 0 Å². The van der Waals surface area contributed by atoms with Crippen molar-refractivity contribution in [2.24, 2.45) is 0 Å². The van der Waals surface area contributed by atoms with Crippen molar-refractivity contribution in [1.29, 1.82) is 0 Å². The molecule has 16 heteroatoms. The molecular formula is C50H50F6O10. The molecule has 0 spiro atoms.